The first kappa shape index (κ1) is 16.4. The number of aromatic nitrogens is 2. The molecule has 1 aromatic carbocycles. The molecule has 1 N–H and O–H groups in total. The number of para-hydroxylation sites is 1. The van der Waals surface area contributed by atoms with Crippen molar-refractivity contribution < 1.29 is 9.18 Å². The van der Waals surface area contributed by atoms with Gasteiger partial charge >= 0.3 is 0 Å². The van der Waals surface area contributed by atoms with Gasteiger partial charge in [0.2, 0.25) is 5.95 Å². The quantitative estimate of drug-likeness (QED) is 0.934. The minimum absolute atomic E-state index is 0.0843. The summed E-state index contributed by atoms with van der Waals surface area (Å²) in [4.78, 5) is 23.1. The van der Waals surface area contributed by atoms with Gasteiger partial charge in [0.15, 0.2) is 0 Å². The van der Waals surface area contributed by atoms with Crippen molar-refractivity contribution in [3.05, 3.63) is 47.5 Å². The Kier molecular flexibility index (Phi) is 5.03. The van der Waals surface area contributed by atoms with E-state index in [4.69, 9.17) is 0 Å². The first-order valence-electron chi connectivity index (χ1n) is 8.30. The Morgan fingerprint density at radius 1 is 1.12 bits per heavy atom. The topological polar surface area (TPSA) is 58.1 Å². The predicted molar refractivity (Wildman–Crippen MR) is 90.8 cm³/mol. The number of carbonyl (C=O) groups excluding carboxylic acids is 1. The van der Waals surface area contributed by atoms with Crippen molar-refractivity contribution in [2.24, 2.45) is 0 Å². The first-order valence-corrected chi connectivity index (χ1v) is 8.30. The average Bonchev–Trinajstić information content (AvgIpc) is 2.85. The fraction of sp³-hybridized carbons (Fsp3) is 0.389. The van der Waals surface area contributed by atoms with E-state index in [2.05, 4.69) is 15.3 Å². The second kappa shape index (κ2) is 7.38. The summed E-state index contributed by atoms with van der Waals surface area (Å²) in [6, 6.07) is 7.99. The fourth-order valence-corrected chi connectivity index (χ4v) is 2.85. The van der Waals surface area contributed by atoms with Gasteiger partial charge in [-0.1, -0.05) is 25.0 Å². The molecule has 24 heavy (non-hydrogen) atoms. The number of hydrogen-bond donors (Lipinski definition) is 1. The number of aryl methyl sites for hydroxylation is 1. The number of halogens is 1. The second-order valence-corrected chi connectivity index (χ2v) is 6.03. The van der Waals surface area contributed by atoms with Crippen molar-refractivity contribution >= 4 is 17.5 Å². The normalized spacial score (nSPS) is 15.0. The number of nitrogens with zero attached hydrogens (tertiary/aromatic N) is 3. The van der Waals surface area contributed by atoms with E-state index in [1.807, 2.05) is 4.90 Å². The molecule has 126 valence electrons. The number of carbonyl (C=O) groups is 1. The molecule has 1 aromatic heterocycles. The van der Waals surface area contributed by atoms with Gasteiger partial charge in [0.1, 0.15) is 11.5 Å². The Bertz CT molecular complexity index is 727. The molecular formula is C18H21FN4O. The zero-order valence-corrected chi connectivity index (χ0v) is 13.8. The number of likely N-dealkylation sites (tertiary alicyclic amines) is 1. The molecule has 0 aliphatic carbocycles. The third-order valence-corrected chi connectivity index (χ3v) is 4.09. The largest absolute Gasteiger partial charge is 0.337 e. The molecule has 1 aliphatic heterocycles. The molecule has 0 saturated carbocycles. The van der Waals surface area contributed by atoms with Crippen molar-refractivity contribution in [2.75, 3.05) is 18.4 Å². The molecule has 6 heteroatoms. The average molecular weight is 328 g/mol. The van der Waals surface area contributed by atoms with Crippen LogP contribution in [0.3, 0.4) is 0 Å². The summed E-state index contributed by atoms with van der Waals surface area (Å²) in [6.07, 6.45) is 4.37. The van der Waals surface area contributed by atoms with E-state index >= 15 is 0 Å². The van der Waals surface area contributed by atoms with Crippen LogP contribution in [0.2, 0.25) is 0 Å². The monoisotopic (exact) mass is 328 g/mol. The minimum Gasteiger partial charge on any atom is -0.337 e. The van der Waals surface area contributed by atoms with Crippen LogP contribution in [-0.4, -0.2) is 33.9 Å². The van der Waals surface area contributed by atoms with Crippen LogP contribution in [0.4, 0.5) is 16.0 Å². The van der Waals surface area contributed by atoms with Gasteiger partial charge in [-0.2, -0.15) is 0 Å². The number of anilines is 2. The van der Waals surface area contributed by atoms with Crippen LogP contribution in [-0.2, 0) is 0 Å². The standard InChI is InChI=1S/C18H21FN4O/c1-13-12-16(17(24)23-10-6-2-3-7-11-23)22-18(20-13)21-15-9-5-4-8-14(15)19/h4-5,8-9,12H,2-3,6-7,10-11H2,1H3,(H,20,21,22). The third kappa shape index (κ3) is 3.88. The maximum Gasteiger partial charge on any atom is 0.272 e. The summed E-state index contributed by atoms with van der Waals surface area (Å²) < 4.78 is 13.8. The summed E-state index contributed by atoms with van der Waals surface area (Å²) in [5, 5.41) is 2.86. The van der Waals surface area contributed by atoms with Gasteiger partial charge in [0.25, 0.3) is 5.91 Å². The van der Waals surface area contributed by atoms with Crippen LogP contribution in [0.5, 0.6) is 0 Å². The Balaban J connectivity index is 1.83. The van der Waals surface area contributed by atoms with E-state index in [1.165, 1.54) is 6.07 Å². The summed E-state index contributed by atoms with van der Waals surface area (Å²) in [7, 11) is 0. The Hall–Kier alpha value is -2.50. The molecule has 0 unspecified atom stereocenters. The molecule has 2 aromatic rings. The van der Waals surface area contributed by atoms with Gasteiger partial charge in [-0.25, -0.2) is 14.4 Å². The first-order chi connectivity index (χ1) is 11.6. The predicted octanol–water partition coefficient (Wildman–Crippen LogP) is 3.68. The van der Waals surface area contributed by atoms with Gasteiger partial charge in [-0.05, 0) is 38.0 Å². The van der Waals surface area contributed by atoms with Gasteiger partial charge in [0, 0.05) is 18.8 Å². The van der Waals surface area contributed by atoms with Crippen LogP contribution < -0.4 is 5.32 Å². The molecule has 1 saturated heterocycles. The summed E-state index contributed by atoms with van der Waals surface area (Å²) in [5.74, 6) is -0.236. The van der Waals surface area contributed by atoms with E-state index in [0.717, 1.165) is 38.8 Å². The second-order valence-electron chi connectivity index (χ2n) is 6.03. The zero-order chi connectivity index (χ0) is 16.9. The zero-order valence-electron chi connectivity index (χ0n) is 13.8. The molecule has 1 amide bonds. The molecule has 5 nitrogen and oxygen atoms in total. The minimum atomic E-state index is -0.386. The van der Waals surface area contributed by atoms with Gasteiger partial charge < -0.3 is 10.2 Å². The fourth-order valence-electron chi connectivity index (χ4n) is 2.85. The maximum absolute atomic E-state index is 13.8. The van der Waals surface area contributed by atoms with Crippen LogP contribution in [0.25, 0.3) is 0 Å². The van der Waals surface area contributed by atoms with Crippen LogP contribution in [0, 0.1) is 12.7 Å². The highest BCUT2D eigenvalue weighted by atomic mass is 19.1. The molecule has 0 atom stereocenters. The lowest BCUT2D eigenvalue weighted by molar-refractivity contribution is 0.0755. The maximum atomic E-state index is 13.8. The molecule has 0 radical (unpaired) electrons. The van der Waals surface area contributed by atoms with Gasteiger partial charge in [0.05, 0.1) is 5.69 Å². The van der Waals surface area contributed by atoms with Crippen LogP contribution in [0.15, 0.2) is 30.3 Å². The van der Waals surface area contributed by atoms with E-state index < -0.39 is 0 Å². The van der Waals surface area contributed by atoms with Crippen molar-refractivity contribution in [2.45, 2.75) is 32.6 Å². The van der Waals surface area contributed by atoms with Crippen LogP contribution >= 0.6 is 0 Å². The molecular weight excluding hydrogens is 307 g/mol. The Morgan fingerprint density at radius 3 is 2.54 bits per heavy atom. The van der Waals surface area contributed by atoms with Crippen molar-refractivity contribution in [3.63, 3.8) is 0 Å². The Morgan fingerprint density at radius 2 is 1.83 bits per heavy atom. The van der Waals surface area contributed by atoms with E-state index in [9.17, 15) is 9.18 Å². The molecule has 2 heterocycles. The Labute approximate surface area is 140 Å². The van der Waals surface area contributed by atoms with Crippen molar-refractivity contribution in [1.82, 2.24) is 14.9 Å². The van der Waals surface area contributed by atoms with Gasteiger partial charge in [-0.15, -0.1) is 0 Å². The molecule has 0 spiro atoms. The SMILES string of the molecule is Cc1cc(C(=O)N2CCCCCC2)nc(Nc2ccccc2F)n1. The number of amides is 1. The lowest BCUT2D eigenvalue weighted by Gasteiger charge is -2.20. The van der Waals surface area contributed by atoms with E-state index in [0.29, 0.717) is 11.4 Å². The third-order valence-electron chi connectivity index (χ3n) is 4.09. The smallest absolute Gasteiger partial charge is 0.272 e. The van der Waals surface area contributed by atoms with Crippen molar-refractivity contribution in [3.8, 4) is 0 Å². The summed E-state index contributed by atoms with van der Waals surface area (Å²) >= 11 is 0. The number of nitrogens with one attached hydrogen (secondary N) is 1. The van der Waals surface area contributed by atoms with Crippen molar-refractivity contribution in [1.29, 1.82) is 0 Å². The molecule has 3 rings (SSSR count). The summed E-state index contributed by atoms with van der Waals surface area (Å²) in [5.41, 5.74) is 1.31. The highest BCUT2D eigenvalue weighted by Crippen LogP contribution is 2.18. The number of rotatable bonds is 3. The number of hydrogen-bond acceptors (Lipinski definition) is 4. The lowest BCUT2D eigenvalue weighted by atomic mass is 10.2. The summed E-state index contributed by atoms with van der Waals surface area (Å²) in [6.45, 7) is 3.32. The van der Waals surface area contributed by atoms with E-state index in [-0.39, 0.29) is 23.4 Å². The van der Waals surface area contributed by atoms with Gasteiger partial charge in [-0.3, -0.25) is 4.79 Å². The molecule has 1 fully saturated rings. The highest BCUT2D eigenvalue weighted by molar-refractivity contribution is 5.92. The lowest BCUT2D eigenvalue weighted by Crippen LogP contribution is -2.32. The highest BCUT2D eigenvalue weighted by Gasteiger charge is 2.19. The van der Waals surface area contributed by atoms with Crippen LogP contribution in [0.1, 0.15) is 41.9 Å². The molecule has 1 aliphatic rings. The molecule has 0 bridgehead atoms. The number of benzene rings is 1. The van der Waals surface area contributed by atoms with E-state index in [1.54, 1.807) is 31.2 Å².